The molecule has 1 saturated carbocycles. The standard InChI is InChI=1S/C33H49NO6S/c1-6-18-38-33-29(41-7-2)21-27(34-40-32(3,4)5)25-19-22(12-8-10-16-35)24(13-9-11-17-36)30(31(25)33)26-20-23(37)14-15-28(26)39-33/h6,14-15,19-20,22,24,29-31,35-37H,1,7-13,16-18,21H2,2-5H3/t22-,24+,29-,30+,31+,33+/m0/s1. The largest absolute Gasteiger partial charge is 0.508 e. The van der Waals surface area contributed by atoms with Gasteiger partial charge in [0.1, 0.15) is 17.1 Å². The zero-order valence-electron chi connectivity index (χ0n) is 25.2. The van der Waals surface area contributed by atoms with Crippen LogP contribution in [-0.2, 0) is 9.57 Å². The van der Waals surface area contributed by atoms with Crippen LogP contribution in [0.25, 0.3) is 0 Å². The van der Waals surface area contributed by atoms with Crippen molar-refractivity contribution in [2.75, 3.05) is 25.6 Å². The van der Waals surface area contributed by atoms with Gasteiger partial charge in [0, 0.05) is 31.1 Å². The van der Waals surface area contributed by atoms with Gasteiger partial charge < -0.3 is 29.6 Å². The second kappa shape index (κ2) is 14.0. The van der Waals surface area contributed by atoms with Crippen LogP contribution in [0, 0.1) is 17.8 Å². The van der Waals surface area contributed by atoms with E-state index in [1.165, 1.54) is 0 Å². The molecule has 3 N–H and O–H groups in total. The van der Waals surface area contributed by atoms with Crippen LogP contribution < -0.4 is 4.74 Å². The summed E-state index contributed by atoms with van der Waals surface area (Å²) >= 11 is 1.82. The maximum absolute atomic E-state index is 10.7. The smallest absolute Gasteiger partial charge is 0.230 e. The lowest BCUT2D eigenvalue weighted by atomic mass is 9.56. The lowest BCUT2D eigenvalue weighted by molar-refractivity contribution is -0.223. The van der Waals surface area contributed by atoms with Gasteiger partial charge >= 0.3 is 0 Å². The van der Waals surface area contributed by atoms with E-state index < -0.39 is 11.4 Å². The highest BCUT2D eigenvalue weighted by atomic mass is 32.2. The molecule has 41 heavy (non-hydrogen) atoms. The molecule has 1 fully saturated rings. The van der Waals surface area contributed by atoms with Crippen LogP contribution in [0.3, 0.4) is 0 Å². The number of phenols is 1. The Hall–Kier alpha value is -2.00. The Labute approximate surface area is 250 Å². The van der Waals surface area contributed by atoms with Crippen molar-refractivity contribution in [2.45, 2.75) is 95.2 Å². The van der Waals surface area contributed by atoms with Gasteiger partial charge in [0.2, 0.25) is 5.79 Å². The molecule has 7 nitrogen and oxygen atoms in total. The number of aromatic hydroxyl groups is 1. The van der Waals surface area contributed by atoms with E-state index in [1.54, 1.807) is 12.1 Å². The molecular weight excluding hydrogens is 538 g/mol. The molecule has 1 aliphatic heterocycles. The van der Waals surface area contributed by atoms with Crippen LogP contribution in [0.15, 0.2) is 47.7 Å². The summed E-state index contributed by atoms with van der Waals surface area (Å²) in [6, 6.07) is 5.43. The van der Waals surface area contributed by atoms with Gasteiger partial charge in [0.05, 0.1) is 23.5 Å². The highest BCUT2D eigenvalue weighted by Crippen LogP contribution is 2.62. The van der Waals surface area contributed by atoms with Gasteiger partial charge in [-0.3, -0.25) is 0 Å². The number of fused-ring (bicyclic) bond motifs is 2. The first-order valence-electron chi connectivity index (χ1n) is 15.3. The lowest BCUT2D eigenvalue weighted by Crippen LogP contribution is -2.64. The number of aliphatic hydroxyl groups is 2. The number of oxime groups is 1. The zero-order chi connectivity index (χ0) is 29.6. The Morgan fingerprint density at radius 3 is 2.54 bits per heavy atom. The monoisotopic (exact) mass is 587 g/mol. The number of hydrogen-bond acceptors (Lipinski definition) is 8. The van der Waals surface area contributed by atoms with Crippen LogP contribution in [0.1, 0.15) is 84.1 Å². The highest BCUT2D eigenvalue weighted by Gasteiger charge is 2.63. The quantitative estimate of drug-likeness (QED) is 0.128. The molecule has 0 aromatic heterocycles. The summed E-state index contributed by atoms with van der Waals surface area (Å²) in [5.41, 5.74) is 2.61. The molecule has 4 rings (SSSR count). The summed E-state index contributed by atoms with van der Waals surface area (Å²) in [7, 11) is 0. The first kappa shape index (κ1) is 31.9. The van der Waals surface area contributed by atoms with E-state index in [0.29, 0.717) is 13.0 Å². The van der Waals surface area contributed by atoms with Crippen molar-refractivity contribution in [1.82, 2.24) is 0 Å². The summed E-state index contributed by atoms with van der Waals surface area (Å²) in [5.74, 6) is 1.24. The number of hydrogen-bond donors (Lipinski definition) is 3. The van der Waals surface area contributed by atoms with Crippen LogP contribution in [0.2, 0.25) is 0 Å². The molecular formula is C33H49NO6S. The third-order valence-electron chi connectivity index (χ3n) is 8.43. The average molecular weight is 588 g/mol. The van der Waals surface area contributed by atoms with E-state index >= 15 is 0 Å². The fraction of sp³-hybridized carbons (Fsp3) is 0.667. The molecule has 6 atom stereocenters. The molecule has 3 aliphatic rings. The summed E-state index contributed by atoms with van der Waals surface area (Å²) < 4.78 is 13.8. The Balaban J connectivity index is 1.96. The lowest BCUT2D eigenvalue weighted by Gasteiger charge is -2.58. The first-order valence-corrected chi connectivity index (χ1v) is 16.3. The van der Waals surface area contributed by atoms with E-state index in [9.17, 15) is 15.3 Å². The number of unbranched alkanes of at least 4 members (excludes halogenated alkanes) is 2. The molecule has 0 bridgehead atoms. The molecule has 0 spiro atoms. The third-order valence-corrected chi connectivity index (χ3v) is 9.66. The van der Waals surface area contributed by atoms with Gasteiger partial charge in [-0.15, -0.1) is 6.58 Å². The first-order chi connectivity index (χ1) is 19.7. The van der Waals surface area contributed by atoms with Crippen molar-refractivity contribution in [3.63, 3.8) is 0 Å². The number of thioether (sulfide) groups is 1. The van der Waals surface area contributed by atoms with E-state index in [2.05, 4.69) is 19.6 Å². The highest BCUT2D eigenvalue weighted by molar-refractivity contribution is 8.00. The molecule has 0 amide bonds. The third kappa shape index (κ3) is 6.98. The van der Waals surface area contributed by atoms with Crippen molar-refractivity contribution >= 4 is 17.5 Å². The van der Waals surface area contributed by atoms with Crippen LogP contribution in [0.4, 0.5) is 0 Å². The van der Waals surface area contributed by atoms with E-state index in [-0.39, 0.29) is 47.9 Å². The number of benzene rings is 1. The molecule has 1 aromatic rings. The van der Waals surface area contributed by atoms with Gasteiger partial charge in [-0.05, 0) is 87.8 Å². The minimum Gasteiger partial charge on any atom is -0.508 e. The minimum atomic E-state index is -0.943. The number of rotatable bonds is 14. The van der Waals surface area contributed by atoms with E-state index in [4.69, 9.17) is 19.5 Å². The van der Waals surface area contributed by atoms with Crippen molar-refractivity contribution in [3.05, 3.63) is 48.1 Å². The number of aliphatic hydroxyl groups excluding tert-OH is 2. The maximum Gasteiger partial charge on any atom is 0.230 e. The molecule has 2 aliphatic carbocycles. The summed E-state index contributed by atoms with van der Waals surface area (Å²) in [4.78, 5) is 6.05. The van der Waals surface area contributed by atoms with Crippen molar-refractivity contribution in [3.8, 4) is 11.5 Å². The van der Waals surface area contributed by atoms with Gasteiger partial charge in [0.15, 0.2) is 0 Å². The Kier molecular flexibility index (Phi) is 10.9. The molecule has 8 heteroatoms. The minimum absolute atomic E-state index is 0.00794. The zero-order valence-corrected chi connectivity index (χ0v) is 26.0. The topological polar surface area (TPSA) is 101 Å². The maximum atomic E-state index is 10.7. The summed E-state index contributed by atoms with van der Waals surface area (Å²) in [5, 5.41) is 34.6. The van der Waals surface area contributed by atoms with Crippen molar-refractivity contribution < 1.29 is 29.6 Å². The molecule has 0 saturated heterocycles. The number of allylic oxidation sites excluding steroid dienone is 1. The normalized spacial score (nSPS) is 29.8. The predicted molar refractivity (Wildman–Crippen MR) is 166 cm³/mol. The molecule has 0 unspecified atom stereocenters. The SMILES string of the molecule is C=CCO[C@@]12Oc3ccc(O)cc3[C@H]3[C@H](CCCCO)[C@@H](CCCCO)C=C(C(=NOC(C)(C)C)C[C@@H]1SCC)[C@H]32. The van der Waals surface area contributed by atoms with Gasteiger partial charge in [-0.1, -0.05) is 37.1 Å². The fourth-order valence-electron chi connectivity index (χ4n) is 6.88. The summed E-state index contributed by atoms with van der Waals surface area (Å²) in [6.45, 7) is 12.8. The Morgan fingerprint density at radius 2 is 1.88 bits per heavy atom. The van der Waals surface area contributed by atoms with E-state index in [1.807, 2.05) is 44.7 Å². The average Bonchev–Trinajstić information content (AvgIpc) is 2.93. The van der Waals surface area contributed by atoms with Crippen LogP contribution >= 0.6 is 11.8 Å². The summed E-state index contributed by atoms with van der Waals surface area (Å²) in [6.07, 6.45) is 10.0. The van der Waals surface area contributed by atoms with Crippen molar-refractivity contribution in [2.24, 2.45) is 22.9 Å². The van der Waals surface area contributed by atoms with Gasteiger partial charge in [-0.25, -0.2) is 0 Å². The molecule has 1 heterocycles. The van der Waals surface area contributed by atoms with Gasteiger partial charge in [-0.2, -0.15) is 11.8 Å². The van der Waals surface area contributed by atoms with Crippen LogP contribution in [-0.4, -0.2) is 63.2 Å². The predicted octanol–water partition coefficient (Wildman–Crippen LogP) is 6.58. The van der Waals surface area contributed by atoms with E-state index in [0.717, 1.165) is 66.9 Å². The second-order valence-corrected chi connectivity index (χ2v) is 13.9. The van der Waals surface area contributed by atoms with Crippen LogP contribution in [0.5, 0.6) is 11.5 Å². The molecule has 0 radical (unpaired) electrons. The molecule has 228 valence electrons. The fourth-order valence-corrected chi connectivity index (χ4v) is 8.05. The Bertz CT molecular complexity index is 1100. The second-order valence-electron chi connectivity index (χ2n) is 12.4. The number of ether oxygens (including phenoxy) is 2. The van der Waals surface area contributed by atoms with Crippen molar-refractivity contribution in [1.29, 1.82) is 0 Å². The Morgan fingerprint density at radius 1 is 1.15 bits per heavy atom. The van der Waals surface area contributed by atoms with Gasteiger partial charge in [0.25, 0.3) is 0 Å². The number of phenolic OH excluding ortho intramolecular Hbond substituents is 1. The number of nitrogens with zero attached hydrogens (tertiary/aromatic N) is 1. The molecule has 1 aromatic carbocycles.